The number of nitrogens with one attached hydrogen (secondary N) is 1. The monoisotopic (exact) mass is 355 g/mol. The Morgan fingerprint density at radius 1 is 1.12 bits per heavy atom. The maximum atomic E-state index is 12.6. The molecule has 1 fully saturated rings. The van der Waals surface area contributed by atoms with E-state index in [0.717, 1.165) is 10.6 Å². The highest BCUT2D eigenvalue weighted by Gasteiger charge is 2.28. The fraction of sp³-hybridized carbons (Fsp3) is 0.316. The van der Waals surface area contributed by atoms with E-state index in [9.17, 15) is 9.59 Å². The average Bonchev–Trinajstić information content (AvgIpc) is 2.68. The third-order valence-corrected chi connectivity index (χ3v) is 5.24. The van der Waals surface area contributed by atoms with Crippen LogP contribution in [-0.4, -0.2) is 41.0 Å². The quantitative estimate of drug-likeness (QED) is 0.855. The van der Waals surface area contributed by atoms with Crippen molar-refractivity contribution in [1.29, 1.82) is 0 Å². The zero-order valence-corrected chi connectivity index (χ0v) is 15.0. The summed E-state index contributed by atoms with van der Waals surface area (Å²) in [5.41, 5.74) is 1.50. The topological polar surface area (TPSA) is 62.3 Å². The minimum absolute atomic E-state index is 0.00832. The molecule has 130 valence electrons. The van der Waals surface area contributed by atoms with E-state index >= 15 is 0 Å². The molecule has 2 heterocycles. The van der Waals surface area contributed by atoms with Gasteiger partial charge in [0.25, 0.3) is 5.91 Å². The fourth-order valence-corrected chi connectivity index (χ4v) is 3.56. The molecule has 1 saturated heterocycles. The summed E-state index contributed by atoms with van der Waals surface area (Å²) in [6, 6.07) is 11.2. The molecule has 25 heavy (non-hydrogen) atoms. The van der Waals surface area contributed by atoms with Crippen molar-refractivity contribution in [3.05, 3.63) is 54.4 Å². The molecule has 1 aliphatic heterocycles. The second-order valence-corrected chi connectivity index (χ2v) is 6.84. The zero-order chi connectivity index (χ0) is 17.6. The normalized spacial score (nSPS) is 15.0. The van der Waals surface area contributed by atoms with E-state index in [0.29, 0.717) is 31.5 Å². The van der Waals surface area contributed by atoms with Crippen molar-refractivity contribution in [2.45, 2.75) is 17.7 Å². The summed E-state index contributed by atoms with van der Waals surface area (Å²) in [6.07, 6.45) is 6.61. The lowest BCUT2D eigenvalue weighted by molar-refractivity contribution is -0.121. The molecular formula is C19H21N3O2S. The molecular weight excluding hydrogens is 334 g/mol. The summed E-state index contributed by atoms with van der Waals surface area (Å²) in [5, 5.41) is 3.04. The van der Waals surface area contributed by atoms with Gasteiger partial charge in [0.1, 0.15) is 0 Å². The number of carbonyl (C=O) groups excluding carboxylic acids is 2. The Bertz CT molecular complexity index is 743. The fourth-order valence-electron chi connectivity index (χ4n) is 3.00. The van der Waals surface area contributed by atoms with Crippen LogP contribution in [0.2, 0.25) is 0 Å². The van der Waals surface area contributed by atoms with Gasteiger partial charge < -0.3 is 10.2 Å². The highest BCUT2D eigenvalue weighted by molar-refractivity contribution is 7.98. The number of likely N-dealkylation sites (tertiary alicyclic amines) is 1. The Hall–Kier alpha value is -2.34. The molecule has 1 aliphatic rings. The lowest BCUT2D eigenvalue weighted by atomic mass is 9.95. The molecule has 0 spiro atoms. The van der Waals surface area contributed by atoms with Crippen molar-refractivity contribution in [2.75, 3.05) is 24.7 Å². The Morgan fingerprint density at radius 3 is 2.48 bits per heavy atom. The van der Waals surface area contributed by atoms with E-state index in [1.807, 2.05) is 35.4 Å². The molecule has 0 atom stereocenters. The lowest BCUT2D eigenvalue weighted by Gasteiger charge is -2.31. The van der Waals surface area contributed by atoms with Crippen LogP contribution in [0.25, 0.3) is 0 Å². The van der Waals surface area contributed by atoms with Crippen LogP contribution in [0.1, 0.15) is 23.2 Å². The predicted molar refractivity (Wildman–Crippen MR) is 99.7 cm³/mol. The SMILES string of the molecule is CSc1ccccc1NC(=O)C1CCN(C(=O)c2ccncc2)CC1. The minimum Gasteiger partial charge on any atom is -0.339 e. The number of benzene rings is 1. The van der Waals surface area contributed by atoms with Gasteiger partial charge >= 0.3 is 0 Å². The number of anilines is 1. The first kappa shape index (κ1) is 17.5. The van der Waals surface area contributed by atoms with Gasteiger partial charge in [-0.15, -0.1) is 11.8 Å². The summed E-state index contributed by atoms with van der Waals surface area (Å²) in [4.78, 5) is 31.8. The first-order valence-electron chi connectivity index (χ1n) is 8.32. The molecule has 0 unspecified atom stereocenters. The number of amides is 2. The second-order valence-electron chi connectivity index (χ2n) is 5.99. The van der Waals surface area contributed by atoms with Crippen LogP contribution in [0.4, 0.5) is 5.69 Å². The van der Waals surface area contributed by atoms with Crippen molar-refractivity contribution in [2.24, 2.45) is 5.92 Å². The van der Waals surface area contributed by atoms with Crippen molar-refractivity contribution in [1.82, 2.24) is 9.88 Å². The van der Waals surface area contributed by atoms with E-state index in [2.05, 4.69) is 10.3 Å². The molecule has 0 radical (unpaired) electrons. The van der Waals surface area contributed by atoms with Crippen LogP contribution in [0.3, 0.4) is 0 Å². The number of aromatic nitrogens is 1. The van der Waals surface area contributed by atoms with Crippen LogP contribution in [0, 0.1) is 5.92 Å². The van der Waals surface area contributed by atoms with Gasteiger partial charge in [0.2, 0.25) is 5.91 Å². The number of hydrogen-bond acceptors (Lipinski definition) is 4. The molecule has 6 heteroatoms. The van der Waals surface area contributed by atoms with E-state index in [1.54, 1.807) is 36.3 Å². The maximum Gasteiger partial charge on any atom is 0.253 e. The number of carbonyl (C=O) groups is 2. The van der Waals surface area contributed by atoms with Crippen LogP contribution in [0.5, 0.6) is 0 Å². The van der Waals surface area contributed by atoms with Crippen LogP contribution >= 0.6 is 11.8 Å². The number of nitrogens with zero attached hydrogens (tertiary/aromatic N) is 2. The molecule has 0 aliphatic carbocycles. The van der Waals surface area contributed by atoms with Gasteiger partial charge in [-0.05, 0) is 43.4 Å². The highest BCUT2D eigenvalue weighted by atomic mass is 32.2. The van der Waals surface area contributed by atoms with Crippen molar-refractivity contribution >= 4 is 29.3 Å². The maximum absolute atomic E-state index is 12.6. The number of para-hydroxylation sites is 1. The first-order valence-corrected chi connectivity index (χ1v) is 9.54. The molecule has 2 aromatic rings. The third-order valence-electron chi connectivity index (χ3n) is 4.45. The summed E-state index contributed by atoms with van der Waals surface area (Å²) in [5.74, 6) is -0.0112. The average molecular weight is 355 g/mol. The Morgan fingerprint density at radius 2 is 1.80 bits per heavy atom. The third kappa shape index (κ3) is 4.20. The molecule has 2 amide bonds. The molecule has 1 aromatic heterocycles. The van der Waals surface area contributed by atoms with Crippen molar-refractivity contribution < 1.29 is 9.59 Å². The Kier molecular flexibility index (Phi) is 5.71. The smallest absolute Gasteiger partial charge is 0.253 e. The Labute approximate surface area is 151 Å². The largest absolute Gasteiger partial charge is 0.339 e. The zero-order valence-electron chi connectivity index (χ0n) is 14.1. The summed E-state index contributed by atoms with van der Waals surface area (Å²) < 4.78 is 0. The number of piperidine rings is 1. The summed E-state index contributed by atoms with van der Waals surface area (Å²) >= 11 is 1.61. The standard InChI is InChI=1S/C19H21N3O2S/c1-25-17-5-3-2-4-16(17)21-18(23)14-8-12-22(13-9-14)19(24)15-6-10-20-11-7-15/h2-7,10-11,14H,8-9,12-13H2,1H3,(H,21,23). The van der Waals surface area contributed by atoms with Gasteiger partial charge in [-0.25, -0.2) is 0 Å². The van der Waals surface area contributed by atoms with Crippen LogP contribution < -0.4 is 5.32 Å². The number of rotatable bonds is 4. The molecule has 3 rings (SSSR count). The predicted octanol–water partition coefficient (Wildman–Crippen LogP) is 3.29. The molecule has 0 bridgehead atoms. The Balaban J connectivity index is 1.57. The van der Waals surface area contributed by atoms with E-state index in [1.165, 1.54) is 0 Å². The minimum atomic E-state index is -0.0589. The number of thioether (sulfide) groups is 1. The van der Waals surface area contributed by atoms with Crippen molar-refractivity contribution in [3.8, 4) is 0 Å². The molecule has 1 aromatic carbocycles. The highest BCUT2D eigenvalue weighted by Crippen LogP contribution is 2.26. The van der Waals surface area contributed by atoms with Gasteiger partial charge in [0.15, 0.2) is 0 Å². The van der Waals surface area contributed by atoms with Gasteiger partial charge in [0, 0.05) is 41.9 Å². The van der Waals surface area contributed by atoms with E-state index < -0.39 is 0 Å². The summed E-state index contributed by atoms with van der Waals surface area (Å²) in [7, 11) is 0. The van der Waals surface area contributed by atoms with Gasteiger partial charge in [-0.2, -0.15) is 0 Å². The van der Waals surface area contributed by atoms with Gasteiger partial charge in [-0.1, -0.05) is 12.1 Å². The van der Waals surface area contributed by atoms with Crippen LogP contribution in [0.15, 0.2) is 53.7 Å². The second kappa shape index (κ2) is 8.16. The van der Waals surface area contributed by atoms with Gasteiger partial charge in [0.05, 0.1) is 5.69 Å². The van der Waals surface area contributed by atoms with Crippen LogP contribution in [-0.2, 0) is 4.79 Å². The first-order chi connectivity index (χ1) is 12.2. The molecule has 0 saturated carbocycles. The number of pyridine rings is 1. The summed E-state index contributed by atoms with van der Waals surface area (Å²) in [6.45, 7) is 1.20. The van der Waals surface area contributed by atoms with Crippen molar-refractivity contribution in [3.63, 3.8) is 0 Å². The van der Waals surface area contributed by atoms with E-state index in [4.69, 9.17) is 0 Å². The molecule has 1 N–H and O–H groups in total. The molecule has 5 nitrogen and oxygen atoms in total. The lowest BCUT2D eigenvalue weighted by Crippen LogP contribution is -2.41. The van der Waals surface area contributed by atoms with E-state index in [-0.39, 0.29) is 17.7 Å². The van der Waals surface area contributed by atoms with Gasteiger partial charge in [-0.3, -0.25) is 14.6 Å². The number of hydrogen-bond donors (Lipinski definition) is 1.